The molecule has 2 N–H and O–H groups in total. The van der Waals surface area contributed by atoms with Gasteiger partial charge in [0.15, 0.2) is 5.76 Å². The van der Waals surface area contributed by atoms with Crippen molar-refractivity contribution in [3.63, 3.8) is 0 Å². The summed E-state index contributed by atoms with van der Waals surface area (Å²) in [5, 5.41) is 6.08. The lowest BCUT2D eigenvalue weighted by Gasteiger charge is -2.10. The first-order valence-corrected chi connectivity index (χ1v) is 8.81. The minimum absolute atomic E-state index is 0.0865. The number of nitrogens with one attached hydrogen (secondary N) is 2. The van der Waals surface area contributed by atoms with Crippen molar-refractivity contribution < 1.29 is 18.4 Å². The first-order valence-electron chi connectivity index (χ1n) is 8.81. The average Bonchev–Trinajstić information content (AvgIpc) is 3.24. The molecule has 4 rings (SSSR count). The number of carbonyl (C=O) groups excluding carboxylic acids is 2. The van der Waals surface area contributed by atoms with Gasteiger partial charge in [0.05, 0.1) is 6.26 Å². The maximum Gasteiger partial charge on any atom is 0.349 e. The lowest BCUT2D eigenvalue weighted by Crippen LogP contribution is -2.20. The number of benzene rings is 2. The van der Waals surface area contributed by atoms with E-state index in [0.29, 0.717) is 22.3 Å². The van der Waals surface area contributed by atoms with Crippen LogP contribution in [0, 0.1) is 6.92 Å². The van der Waals surface area contributed by atoms with Crippen LogP contribution in [0.15, 0.2) is 80.6 Å². The summed E-state index contributed by atoms with van der Waals surface area (Å²) in [5.41, 5.74) is 1.41. The van der Waals surface area contributed by atoms with Crippen LogP contribution >= 0.6 is 0 Å². The first kappa shape index (κ1) is 18.2. The third kappa shape index (κ3) is 3.79. The topological polar surface area (TPSA) is 102 Å². The van der Waals surface area contributed by atoms with Crippen LogP contribution in [0.3, 0.4) is 0 Å². The van der Waals surface area contributed by atoms with Crippen LogP contribution < -0.4 is 16.3 Å². The van der Waals surface area contributed by atoms with Gasteiger partial charge in [0.2, 0.25) is 0 Å². The third-order valence-corrected chi connectivity index (χ3v) is 4.36. The molecule has 7 heteroatoms. The number of hydrogen-bond acceptors (Lipinski definition) is 5. The molecular weight excluding hydrogens is 372 g/mol. The van der Waals surface area contributed by atoms with Gasteiger partial charge in [-0.15, -0.1) is 0 Å². The fourth-order valence-corrected chi connectivity index (χ4v) is 2.89. The summed E-state index contributed by atoms with van der Waals surface area (Å²) in [4.78, 5) is 36.8. The minimum Gasteiger partial charge on any atom is -0.459 e. The highest BCUT2D eigenvalue weighted by Gasteiger charge is 2.15. The van der Waals surface area contributed by atoms with Crippen LogP contribution in [-0.4, -0.2) is 11.8 Å². The van der Waals surface area contributed by atoms with Gasteiger partial charge in [0, 0.05) is 16.8 Å². The highest BCUT2D eigenvalue weighted by molar-refractivity contribution is 6.06. The van der Waals surface area contributed by atoms with E-state index in [1.165, 1.54) is 12.3 Å². The number of hydrogen-bond donors (Lipinski definition) is 2. The Morgan fingerprint density at radius 1 is 0.897 bits per heavy atom. The normalized spacial score (nSPS) is 10.7. The van der Waals surface area contributed by atoms with E-state index in [0.717, 1.165) is 5.56 Å². The molecule has 0 saturated carbocycles. The standard InChI is InChI=1S/C22H16N2O5/c1-13-11-15(8-9-17(13)24-21(26)19-7-4-10-28-19)23-20(25)16-12-14-5-2-3-6-18(14)29-22(16)27/h2-12H,1H3,(H,23,25)(H,24,26). The Kier molecular flexibility index (Phi) is 4.70. The maximum atomic E-state index is 12.6. The zero-order valence-corrected chi connectivity index (χ0v) is 15.4. The largest absolute Gasteiger partial charge is 0.459 e. The van der Waals surface area contributed by atoms with Gasteiger partial charge in [0.1, 0.15) is 11.1 Å². The molecule has 2 heterocycles. The molecule has 7 nitrogen and oxygen atoms in total. The zero-order valence-electron chi connectivity index (χ0n) is 15.4. The van der Waals surface area contributed by atoms with E-state index in [1.807, 2.05) is 0 Å². The molecule has 4 aromatic rings. The van der Waals surface area contributed by atoms with E-state index in [9.17, 15) is 14.4 Å². The Balaban J connectivity index is 1.53. The SMILES string of the molecule is Cc1cc(NC(=O)c2cc3ccccc3oc2=O)ccc1NC(=O)c1ccco1. The molecule has 2 amide bonds. The van der Waals surface area contributed by atoms with Crippen molar-refractivity contribution in [3.05, 3.63) is 94.2 Å². The predicted molar refractivity (Wildman–Crippen MR) is 108 cm³/mol. The van der Waals surface area contributed by atoms with E-state index >= 15 is 0 Å². The summed E-state index contributed by atoms with van der Waals surface area (Å²) in [6, 6.07) is 16.6. The van der Waals surface area contributed by atoms with Gasteiger partial charge in [0.25, 0.3) is 11.8 Å². The molecular formula is C22H16N2O5. The summed E-state index contributed by atoms with van der Waals surface area (Å²) in [6.45, 7) is 1.79. The van der Waals surface area contributed by atoms with Crippen molar-refractivity contribution in [2.24, 2.45) is 0 Å². The summed E-state index contributed by atoms with van der Waals surface area (Å²) in [6.07, 6.45) is 1.42. The van der Waals surface area contributed by atoms with E-state index in [-0.39, 0.29) is 17.2 Å². The Hall–Kier alpha value is -4.13. The van der Waals surface area contributed by atoms with Crippen molar-refractivity contribution in [3.8, 4) is 0 Å². The molecule has 0 saturated heterocycles. The van der Waals surface area contributed by atoms with Crippen LogP contribution in [0.4, 0.5) is 11.4 Å². The second kappa shape index (κ2) is 7.47. The number of fused-ring (bicyclic) bond motifs is 1. The molecule has 0 fully saturated rings. The molecule has 0 atom stereocenters. The minimum atomic E-state index is -0.708. The summed E-state index contributed by atoms with van der Waals surface area (Å²) in [7, 11) is 0. The van der Waals surface area contributed by atoms with Crippen molar-refractivity contribution in [2.45, 2.75) is 6.92 Å². The van der Waals surface area contributed by atoms with Crippen LogP contribution in [0.5, 0.6) is 0 Å². The quantitative estimate of drug-likeness (QED) is 0.510. The molecule has 29 heavy (non-hydrogen) atoms. The predicted octanol–water partition coefficient (Wildman–Crippen LogP) is 4.20. The van der Waals surface area contributed by atoms with E-state index < -0.39 is 11.5 Å². The number of rotatable bonds is 4. The Bertz CT molecular complexity index is 1270. The highest BCUT2D eigenvalue weighted by atomic mass is 16.4. The van der Waals surface area contributed by atoms with Gasteiger partial charge >= 0.3 is 5.63 Å². The molecule has 144 valence electrons. The molecule has 0 unspecified atom stereocenters. The van der Waals surface area contributed by atoms with Crippen LogP contribution in [0.2, 0.25) is 0 Å². The Morgan fingerprint density at radius 2 is 1.72 bits per heavy atom. The molecule has 2 aromatic heterocycles. The van der Waals surface area contributed by atoms with E-state index in [1.54, 1.807) is 61.5 Å². The molecule has 0 aliphatic carbocycles. The van der Waals surface area contributed by atoms with Crippen molar-refractivity contribution in [1.82, 2.24) is 0 Å². The van der Waals surface area contributed by atoms with Crippen molar-refractivity contribution in [1.29, 1.82) is 0 Å². The molecule has 0 bridgehead atoms. The van der Waals surface area contributed by atoms with Crippen LogP contribution in [0.25, 0.3) is 11.0 Å². The van der Waals surface area contributed by atoms with Crippen molar-refractivity contribution >= 4 is 34.2 Å². The van der Waals surface area contributed by atoms with Crippen LogP contribution in [-0.2, 0) is 0 Å². The van der Waals surface area contributed by atoms with Gasteiger partial charge in [-0.25, -0.2) is 4.79 Å². The monoisotopic (exact) mass is 388 g/mol. The van der Waals surface area contributed by atoms with Crippen LogP contribution in [0.1, 0.15) is 26.5 Å². The number of para-hydroxylation sites is 1. The number of carbonyl (C=O) groups is 2. The van der Waals surface area contributed by atoms with E-state index in [2.05, 4.69) is 10.6 Å². The van der Waals surface area contributed by atoms with Gasteiger partial charge in [-0.1, -0.05) is 18.2 Å². The number of furan rings is 1. The first-order chi connectivity index (χ1) is 14.0. The smallest absolute Gasteiger partial charge is 0.349 e. The summed E-state index contributed by atoms with van der Waals surface area (Å²) < 4.78 is 10.3. The lowest BCUT2D eigenvalue weighted by atomic mass is 10.1. The second-order valence-electron chi connectivity index (χ2n) is 6.40. The molecule has 0 spiro atoms. The fourth-order valence-electron chi connectivity index (χ4n) is 2.89. The highest BCUT2D eigenvalue weighted by Crippen LogP contribution is 2.21. The number of anilines is 2. The summed E-state index contributed by atoms with van der Waals surface area (Å²) >= 11 is 0. The van der Waals surface area contributed by atoms with Crippen molar-refractivity contribution in [2.75, 3.05) is 10.6 Å². The van der Waals surface area contributed by atoms with Gasteiger partial charge in [-0.3, -0.25) is 9.59 Å². The molecule has 0 radical (unpaired) electrons. The number of amides is 2. The third-order valence-electron chi connectivity index (χ3n) is 4.36. The fraction of sp³-hybridized carbons (Fsp3) is 0.0455. The summed E-state index contributed by atoms with van der Waals surface area (Å²) in [5.74, 6) is -0.746. The molecule has 0 aliphatic heterocycles. The van der Waals surface area contributed by atoms with Gasteiger partial charge in [-0.2, -0.15) is 0 Å². The zero-order chi connectivity index (χ0) is 20.4. The molecule has 2 aromatic carbocycles. The second-order valence-corrected chi connectivity index (χ2v) is 6.40. The van der Waals surface area contributed by atoms with E-state index in [4.69, 9.17) is 8.83 Å². The maximum absolute atomic E-state index is 12.6. The average molecular weight is 388 g/mol. The molecule has 0 aliphatic rings. The Morgan fingerprint density at radius 3 is 2.48 bits per heavy atom. The number of aryl methyl sites for hydroxylation is 1. The lowest BCUT2D eigenvalue weighted by molar-refractivity contribution is 0.0994. The Labute approximate surface area is 165 Å². The van der Waals surface area contributed by atoms with Gasteiger partial charge in [-0.05, 0) is 55.0 Å². The van der Waals surface area contributed by atoms with Gasteiger partial charge < -0.3 is 19.5 Å².